The van der Waals surface area contributed by atoms with Crippen LogP contribution in [0.15, 0.2) is 42.7 Å². The van der Waals surface area contributed by atoms with Gasteiger partial charge in [-0.25, -0.2) is 9.07 Å². The van der Waals surface area contributed by atoms with Crippen molar-refractivity contribution in [2.75, 3.05) is 13.1 Å². The molecule has 1 unspecified atom stereocenters. The molecule has 8 heteroatoms. The molecule has 25 heavy (non-hydrogen) atoms. The Morgan fingerprint density at radius 3 is 2.80 bits per heavy atom. The smallest absolute Gasteiger partial charge is 0.272 e. The van der Waals surface area contributed by atoms with Crippen LogP contribution in [-0.4, -0.2) is 48.7 Å². The van der Waals surface area contributed by atoms with Crippen LogP contribution in [-0.2, 0) is 7.05 Å². The quantitative estimate of drug-likeness (QED) is 0.730. The number of hydrogen-bond acceptors (Lipinski definition) is 4. The third-order valence-corrected chi connectivity index (χ3v) is 4.50. The second-order valence-corrected chi connectivity index (χ2v) is 6.12. The number of carbonyl (C=O) groups excluding carboxylic acids is 1. The van der Waals surface area contributed by atoms with E-state index in [1.54, 1.807) is 45.7 Å². The van der Waals surface area contributed by atoms with Crippen LogP contribution in [0.4, 0.5) is 4.39 Å². The van der Waals surface area contributed by atoms with E-state index in [0.29, 0.717) is 24.5 Å². The van der Waals surface area contributed by atoms with Crippen molar-refractivity contribution < 1.29 is 9.18 Å². The van der Waals surface area contributed by atoms with Crippen LogP contribution in [0.3, 0.4) is 0 Å². The first-order chi connectivity index (χ1) is 12.1. The zero-order valence-corrected chi connectivity index (χ0v) is 13.7. The number of amides is 1. The molecule has 0 spiro atoms. The van der Waals surface area contributed by atoms with Crippen molar-refractivity contribution in [3.8, 4) is 11.3 Å². The van der Waals surface area contributed by atoms with E-state index in [1.165, 1.54) is 12.1 Å². The molecule has 0 radical (unpaired) electrons. The Kier molecular flexibility index (Phi) is 3.79. The van der Waals surface area contributed by atoms with Gasteiger partial charge in [0.2, 0.25) is 0 Å². The van der Waals surface area contributed by atoms with Gasteiger partial charge in [0, 0.05) is 31.9 Å². The van der Waals surface area contributed by atoms with E-state index >= 15 is 0 Å². The molecule has 1 fully saturated rings. The highest BCUT2D eigenvalue weighted by atomic mass is 19.1. The summed E-state index contributed by atoms with van der Waals surface area (Å²) in [6.07, 6.45) is 4.30. The van der Waals surface area contributed by atoms with Crippen molar-refractivity contribution in [1.29, 1.82) is 0 Å². The van der Waals surface area contributed by atoms with Crippen molar-refractivity contribution in [3.63, 3.8) is 0 Å². The van der Waals surface area contributed by atoms with Crippen LogP contribution in [0.2, 0.25) is 0 Å². The topological polar surface area (TPSA) is 68.8 Å². The predicted octanol–water partition coefficient (Wildman–Crippen LogP) is 1.90. The number of likely N-dealkylation sites (tertiary alicyclic amines) is 1. The van der Waals surface area contributed by atoms with Crippen LogP contribution in [0.25, 0.3) is 11.3 Å². The predicted molar refractivity (Wildman–Crippen MR) is 88.2 cm³/mol. The maximum absolute atomic E-state index is 13.1. The van der Waals surface area contributed by atoms with Gasteiger partial charge in [0.05, 0.1) is 17.9 Å². The summed E-state index contributed by atoms with van der Waals surface area (Å²) in [5.74, 6) is -0.363. The average molecular weight is 340 g/mol. The van der Waals surface area contributed by atoms with Crippen molar-refractivity contribution in [2.24, 2.45) is 7.05 Å². The molecule has 1 saturated heterocycles. The highest BCUT2D eigenvalue weighted by molar-refractivity contribution is 5.94. The third-order valence-electron chi connectivity index (χ3n) is 4.50. The minimum absolute atomic E-state index is 0.0639. The fourth-order valence-corrected chi connectivity index (χ4v) is 3.15. The lowest BCUT2D eigenvalue weighted by atomic mass is 10.1. The molecule has 3 aromatic rings. The van der Waals surface area contributed by atoms with Gasteiger partial charge in [-0.15, -0.1) is 5.10 Å². The summed E-state index contributed by atoms with van der Waals surface area (Å²) in [6.45, 7) is 1.26. The molecule has 0 saturated carbocycles. The first-order valence-corrected chi connectivity index (χ1v) is 8.07. The number of nitrogens with zero attached hydrogens (tertiary/aromatic N) is 6. The molecule has 4 rings (SSSR count). The van der Waals surface area contributed by atoms with E-state index in [4.69, 9.17) is 0 Å². The molecule has 1 aliphatic heterocycles. The van der Waals surface area contributed by atoms with Crippen molar-refractivity contribution >= 4 is 5.91 Å². The van der Waals surface area contributed by atoms with Gasteiger partial charge < -0.3 is 4.90 Å². The Labute approximate surface area is 143 Å². The second-order valence-electron chi connectivity index (χ2n) is 6.12. The minimum atomic E-state index is -0.299. The highest BCUT2D eigenvalue weighted by Gasteiger charge is 2.30. The van der Waals surface area contributed by atoms with Crippen LogP contribution in [0.1, 0.15) is 23.0 Å². The first kappa shape index (κ1) is 15.5. The number of carbonyl (C=O) groups is 1. The Morgan fingerprint density at radius 1 is 1.28 bits per heavy atom. The maximum atomic E-state index is 13.1. The van der Waals surface area contributed by atoms with Gasteiger partial charge in [0.15, 0.2) is 0 Å². The molecular weight excluding hydrogens is 323 g/mol. The lowest BCUT2D eigenvalue weighted by molar-refractivity contribution is 0.0776. The van der Waals surface area contributed by atoms with E-state index in [1.807, 2.05) is 6.20 Å². The van der Waals surface area contributed by atoms with Crippen LogP contribution in [0, 0.1) is 5.82 Å². The summed E-state index contributed by atoms with van der Waals surface area (Å²) < 4.78 is 16.4. The number of aromatic nitrogens is 5. The molecule has 1 amide bonds. The van der Waals surface area contributed by atoms with Crippen LogP contribution >= 0.6 is 0 Å². The fourth-order valence-electron chi connectivity index (χ4n) is 3.15. The number of halogens is 1. The Morgan fingerprint density at radius 2 is 2.08 bits per heavy atom. The molecule has 3 heterocycles. The van der Waals surface area contributed by atoms with Gasteiger partial charge in [-0.05, 0) is 36.8 Å². The highest BCUT2D eigenvalue weighted by Crippen LogP contribution is 2.24. The van der Waals surface area contributed by atoms with Gasteiger partial charge in [0.25, 0.3) is 5.91 Å². The molecule has 0 aliphatic carbocycles. The molecule has 0 N–H and O–H groups in total. The van der Waals surface area contributed by atoms with E-state index in [2.05, 4.69) is 15.4 Å². The van der Waals surface area contributed by atoms with E-state index in [9.17, 15) is 9.18 Å². The molecular formula is C17H17FN6O. The summed E-state index contributed by atoms with van der Waals surface area (Å²) in [5, 5.41) is 12.2. The van der Waals surface area contributed by atoms with Gasteiger partial charge in [0.1, 0.15) is 11.5 Å². The summed E-state index contributed by atoms with van der Waals surface area (Å²) in [4.78, 5) is 14.6. The molecule has 0 bridgehead atoms. The average Bonchev–Trinajstić information content (AvgIpc) is 3.35. The standard InChI is InChI=1S/C17H17FN6O/c1-22-16(10-15(20-22)12-2-4-13(18)5-3-12)17(25)23-8-6-14(11-23)24-9-7-19-21-24/h2-5,7,9-10,14H,6,8,11H2,1H3. The second kappa shape index (κ2) is 6.12. The minimum Gasteiger partial charge on any atom is -0.335 e. The van der Waals surface area contributed by atoms with E-state index < -0.39 is 0 Å². The molecule has 1 aromatic carbocycles. The van der Waals surface area contributed by atoms with Crippen molar-refractivity contribution in [1.82, 2.24) is 29.7 Å². The van der Waals surface area contributed by atoms with E-state index in [0.717, 1.165) is 12.0 Å². The van der Waals surface area contributed by atoms with Crippen LogP contribution < -0.4 is 0 Å². The molecule has 1 atom stereocenters. The SMILES string of the molecule is Cn1nc(-c2ccc(F)cc2)cc1C(=O)N1CCC(n2ccnn2)C1. The van der Waals surface area contributed by atoms with Gasteiger partial charge >= 0.3 is 0 Å². The lowest BCUT2D eigenvalue weighted by Crippen LogP contribution is -2.30. The normalized spacial score (nSPS) is 17.2. The van der Waals surface area contributed by atoms with Gasteiger partial charge in [-0.1, -0.05) is 5.21 Å². The maximum Gasteiger partial charge on any atom is 0.272 e. The lowest BCUT2D eigenvalue weighted by Gasteiger charge is -2.16. The third kappa shape index (κ3) is 2.90. The van der Waals surface area contributed by atoms with Crippen molar-refractivity contribution in [3.05, 3.63) is 54.2 Å². The van der Waals surface area contributed by atoms with Gasteiger partial charge in [-0.3, -0.25) is 9.48 Å². The molecule has 1 aliphatic rings. The fraction of sp³-hybridized carbons (Fsp3) is 0.294. The number of hydrogen-bond donors (Lipinski definition) is 0. The Balaban J connectivity index is 1.54. The number of rotatable bonds is 3. The number of aryl methyl sites for hydroxylation is 1. The monoisotopic (exact) mass is 340 g/mol. The van der Waals surface area contributed by atoms with Gasteiger partial charge in [-0.2, -0.15) is 5.10 Å². The zero-order chi connectivity index (χ0) is 17.4. The largest absolute Gasteiger partial charge is 0.335 e. The van der Waals surface area contributed by atoms with Crippen LogP contribution in [0.5, 0.6) is 0 Å². The first-order valence-electron chi connectivity index (χ1n) is 8.07. The molecule has 2 aromatic heterocycles. The Bertz CT molecular complexity index is 887. The Hall–Kier alpha value is -3.03. The summed E-state index contributed by atoms with van der Waals surface area (Å²) >= 11 is 0. The molecule has 128 valence electrons. The summed E-state index contributed by atoms with van der Waals surface area (Å²) in [6, 6.07) is 7.98. The molecule has 7 nitrogen and oxygen atoms in total. The zero-order valence-electron chi connectivity index (χ0n) is 13.7. The van der Waals surface area contributed by atoms with Crippen molar-refractivity contribution in [2.45, 2.75) is 12.5 Å². The summed E-state index contributed by atoms with van der Waals surface area (Å²) in [5.41, 5.74) is 1.94. The van der Waals surface area contributed by atoms with E-state index in [-0.39, 0.29) is 17.8 Å². The number of benzene rings is 1. The summed E-state index contributed by atoms with van der Waals surface area (Å²) in [7, 11) is 1.74.